The SMILES string of the molecule is Cc1cc(C(=O)OCC(=O)Nc2cc(F)cc(F)c2)c(C)n1Cc1cccs1. The van der Waals surface area contributed by atoms with E-state index >= 15 is 0 Å². The average molecular weight is 404 g/mol. The van der Waals surface area contributed by atoms with Crippen LogP contribution in [0.1, 0.15) is 26.6 Å². The molecular formula is C20H18F2N2O3S. The number of thiophene rings is 1. The summed E-state index contributed by atoms with van der Waals surface area (Å²) in [6.07, 6.45) is 0. The topological polar surface area (TPSA) is 60.3 Å². The number of hydrogen-bond donors (Lipinski definition) is 1. The van der Waals surface area contributed by atoms with Gasteiger partial charge >= 0.3 is 5.97 Å². The van der Waals surface area contributed by atoms with Gasteiger partial charge in [-0.25, -0.2) is 13.6 Å². The largest absolute Gasteiger partial charge is 0.452 e. The van der Waals surface area contributed by atoms with Crippen LogP contribution in [0.2, 0.25) is 0 Å². The van der Waals surface area contributed by atoms with Gasteiger partial charge in [-0.2, -0.15) is 0 Å². The van der Waals surface area contributed by atoms with Crippen LogP contribution in [0.15, 0.2) is 41.8 Å². The Morgan fingerprint density at radius 3 is 2.50 bits per heavy atom. The highest BCUT2D eigenvalue weighted by molar-refractivity contribution is 7.09. The van der Waals surface area contributed by atoms with Crippen LogP contribution < -0.4 is 5.32 Å². The van der Waals surface area contributed by atoms with Crippen molar-refractivity contribution in [2.24, 2.45) is 0 Å². The molecule has 0 aliphatic carbocycles. The fourth-order valence-electron chi connectivity index (χ4n) is 2.84. The molecule has 1 amide bonds. The number of anilines is 1. The van der Waals surface area contributed by atoms with Crippen molar-refractivity contribution in [1.29, 1.82) is 0 Å². The van der Waals surface area contributed by atoms with E-state index in [2.05, 4.69) is 5.32 Å². The first-order chi connectivity index (χ1) is 13.3. The molecule has 0 spiro atoms. The van der Waals surface area contributed by atoms with E-state index in [0.29, 0.717) is 18.2 Å². The first-order valence-corrected chi connectivity index (χ1v) is 9.33. The molecule has 0 radical (unpaired) electrons. The van der Waals surface area contributed by atoms with Gasteiger partial charge in [-0.3, -0.25) is 4.79 Å². The van der Waals surface area contributed by atoms with Crippen molar-refractivity contribution in [2.75, 3.05) is 11.9 Å². The minimum Gasteiger partial charge on any atom is -0.452 e. The molecule has 0 fully saturated rings. The van der Waals surface area contributed by atoms with E-state index in [-0.39, 0.29) is 5.69 Å². The molecule has 1 N–H and O–H groups in total. The highest BCUT2D eigenvalue weighted by atomic mass is 32.1. The van der Waals surface area contributed by atoms with Gasteiger partial charge in [0.25, 0.3) is 5.91 Å². The molecule has 28 heavy (non-hydrogen) atoms. The second kappa shape index (κ2) is 8.35. The maximum Gasteiger partial charge on any atom is 0.340 e. The van der Waals surface area contributed by atoms with E-state index in [1.54, 1.807) is 17.4 Å². The number of nitrogens with zero attached hydrogens (tertiary/aromatic N) is 1. The maximum atomic E-state index is 13.2. The molecule has 0 atom stereocenters. The van der Waals surface area contributed by atoms with Gasteiger partial charge in [0.15, 0.2) is 6.61 Å². The summed E-state index contributed by atoms with van der Waals surface area (Å²) >= 11 is 1.63. The molecule has 0 saturated carbocycles. The van der Waals surface area contributed by atoms with Crippen LogP contribution in [0, 0.1) is 25.5 Å². The fraction of sp³-hybridized carbons (Fsp3) is 0.200. The molecule has 3 rings (SSSR count). The van der Waals surface area contributed by atoms with E-state index in [0.717, 1.165) is 28.4 Å². The molecule has 2 aromatic heterocycles. The van der Waals surface area contributed by atoms with Crippen LogP contribution in [-0.4, -0.2) is 23.1 Å². The predicted octanol–water partition coefficient (Wildman–Crippen LogP) is 4.29. The number of rotatable bonds is 6. The molecule has 0 aliphatic rings. The van der Waals surface area contributed by atoms with Gasteiger partial charge < -0.3 is 14.6 Å². The third-order valence-electron chi connectivity index (χ3n) is 4.17. The lowest BCUT2D eigenvalue weighted by atomic mass is 10.2. The van der Waals surface area contributed by atoms with Crippen molar-refractivity contribution in [3.05, 3.63) is 75.2 Å². The molecular weight excluding hydrogens is 386 g/mol. The van der Waals surface area contributed by atoms with E-state index < -0.39 is 30.1 Å². The molecule has 1 aromatic carbocycles. The molecule has 0 saturated heterocycles. The Labute approximate surface area is 164 Å². The Kier molecular flexibility index (Phi) is 5.89. The van der Waals surface area contributed by atoms with Crippen LogP contribution >= 0.6 is 11.3 Å². The number of aryl methyl sites for hydroxylation is 1. The van der Waals surface area contributed by atoms with E-state index in [9.17, 15) is 18.4 Å². The number of esters is 1. The zero-order valence-corrected chi connectivity index (χ0v) is 16.1. The van der Waals surface area contributed by atoms with Gasteiger partial charge in [-0.1, -0.05) is 6.07 Å². The fourth-order valence-corrected chi connectivity index (χ4v) is 3.53. The van der Waals surface area contributed by atoms with Crippen LogP contribution in [0.3, 0.4) is 0 Å². The standard InChI is InChI=1S/C20H18F2N2O3S/c1-12-6-18(13(2)24(12)10-17-4-3-5-28-17)20(26)27-11-19(25)23-16-8-14(21)7-15(22)9-16/h3-9H,10-11H2,1-2H3,(H,23,25). The molecule has 3 aromatic rings. The van der Waals surface area contributed by atoms with E-state index in [4.69, 9.17) is 4.74 Å². The molecule has 0 unspecified atom stereocenters. The quantitative estimate of drug-likeness (QED) is 0.624. The normalized spacial score (nSPS) is 10.7. The van der Waals surface area contributed by atoms with Crippen LogP contribution in [0.4, 0.5) is 14.5 Å². The van der Waals surface area contributed by atoms with Crippen molar-refractivity contribution in [3.8, 4) is 0 Å². The number of benzene rings is 1. The second-order valence-corrected chi connectivity index (χ2v) is 7.26. The Hall–Kier alpha value is -3.00. The van der Waals surface area contributed by atoms with Crippen molar-refractivity contribution >= 4 is 28.9 Å². The lowest BCUT2D eigenvalue weighted by molar-refractivity contribution is -0.119. The highest BCUT2D eigenvalue weighted by Crippen LogP contribution is 2.20. The van der Waals surface area contributed by atoms with E-state index in [1.807, 2.05) is 35.9 Å². The molecule has 146 valence electrons. The summed E-state index contributed by atoms with van der Waals surface area (Å²) in [4.78, 5) is 25.4. The predicted molar refractivity (Wildman–Crippen MR) is 103 cm³/mol. The van der Waals surface area contributed by atoms with Gasteiger partial charge in [0.1, 0.15) is 11.6 Å². The molecule has 5 nitrogen and oxygen atoms in total. The molecule has 2 heterocycles. The summed E-state index contributed by atoms with van der Waals surface area (Å²) in [5.41, 5.74) is 1.97. The number of carbonyl (C=O) groups excluding carboxylic acids is 2. The number of carbonyl (C=O) groups is 2. The minimum absolute atomic E-state index is 0.0484. The summed E-state index contributed by atoms with van der Waals surface area (Å²) in [6.45, 7) is 3.79. The van der Waals surface area contributed by atoms with Crippen molar-refractivity contribution in [3.63, 3.8) is 0 Å². The van der Waals surface area contributed by atoms with Gasteiger partial charge in [-0.05, 0) is 43.5 Å². The number of hydrogen-bond acceptors (Lipinski definition) is 4. The first kappa shape index (κ1) is 19.8. The van der Waals surface area contributed by atoms with Gasteiger partial charge in [0, 0.05) is 28.0 Å². The van der Waals surface area contributed by atoms with Crippen LogP contribution in [0.25, 0.3) is 0 Å². The molecule has 0 aliphatic heterocycles. The summed E-state index contributed by atoms with van der Waals surface area (Å²) in [5.74, 6) is -2.95. The summed E-state index contributed by atoms with van der Waals surface area (Å²) < 4.78 is 33.4. The summed E-state index contributed by atoms with van der Waals surface area (Å²) in [7, 11) is 0. The van der Waals surface area contributed by atoms with Crippen LogP contribution in [0.5, 0.6) is 0 Å². The van der Waals surface area contributed by atoms with Gasteiger partial charge in [0.2, 0.25) is 0 Å². The second-order valence-electron chi connectivity index (χ2n) is 6.23. The Balaban J connectivity index is 1.62. The monoisotopic (exact) mass is 404 g/mol. The van der Waals surface area contributed by atoms with Crippen molar-refractivity contribution < 1.29 is 23.1 Å². The number of nitrogens with one attached hydrogen (secondary N) is 1. The minimum atomic E-state index is -0.814. The number of halogens is 2. The average Bonchev–Trinajstić information content (AvgIpc) is 3.22. The third kappa shape index (κ3) is 4.64. The van der Waals surface area contributed by atoms with Crippen molar-refractivity contribution in [1.82, 2.24) is 4.57 Å². The van der Waals surface area contributed by atoms with E-state index in [1.165, 1.54) is 0 Å². The lowest BCUT2D eigenvalue weighted by Crippen LogP contribution is -2.21. The summed E-state index contributed by atoms with van der Waals surface area (Å²) in [6, 6.07) is 8.34. The summed E-state index contributed by atoms with van der Waals surface area (Å²) in [5, 5.41) is 4.28. The Morgan fingerprint density at radius 2 is 1.86 bits per heavy atom. The third-order valence-corrected chi connectivity index (χ3v) is 5.03. The van der Waals surface area contributed by atoms with Crippen LogP contribution in [-0.2, 0) is 16.1 Å². The van der Waals surface area contributed by atoms with Gasteiger partial charge in [-0.15, -0.1) is 11.3 Å². The zero-order chi connectivity index (χ0) is 20.3. The lowest BCUT2D eigenvalue weighted by Gasteiger charge is -2.09. The number of aromatic nitrogens is 1. The first-order valence-electron chi connectivity index (χ1n) is 8.45. The Morgan fingerprint density at radius 1 is 1.14 bits per heavy atom. The molecule has 8 heteroatoms. The molecule has 0 bridgehead atoms. The maximum absolute atomic E-state index is 13.2. The smallest absolute Gasteiger partial charge is 0.340 e. The Bertz CT molecular complexity index is 993. The number of ether oxygens (including phenoxy) is 1. The van der Waals surface area contributed by atoms with Gasteiger partial charge in [0.05, 0.1) is 12.1 Å². The zero-order valence-electron chi connectivity index (χ0n) is 15.3. The number of amides is 1. The van der Waals surface area contributed by atoms with Crippen molar-refractivity contribution in [2.45, 2.75) is 20.4 Å². The highest BCUT2D eigenvalue weighted by Gasteiger charge is 2.18.